The zero-order chi connectivity index (χ0) is 51.1. The molecule has 0 aliphatic rings. The maximum absolute atomic E-state index is 8.54. The van der Waals surface area contributed by atoms with Gasteiger partial charge in [0.2, 0.25) is 0 Å². The molecule has 0 radical (unpaired) electrons. The molecule has 0 fully saturated rings. The molecule has 0 N–H and O–H groups in total. The number of hydrogen-bond acceptors (Lipinski definition) is 4. The van der Waals surface area contributed by atoms with Crippen molar-refractivity contribution in [2.75, 3.05) is 0 Å². The second-order valence-electron chi connectivity index (χ2n) is 15.5. The molecule has 0 bridgehead atoms. The van der Waals surface area contributed by atoms with Gasteiger partial charge in [-0.2, -0.15) is 0 Å². The van der Waals surface area contributed by atoms with Crippen LogP contribution >= 0.6 is 0 Å². The first-order valence-corrected chi connectivity index (χ1v) is 20.8. The van der Waals surface area contributed by atoms with E-state index in [9.17, 15) is 0 Å². The molecule has 0 saturated carbocycles. The lowest BCUT2D eigenvalue weighted by Gasteiger charge is -2.11. The van der Waals surface area contributed by atoms with Crippen molar-refractivity contribution in [3.63, 3.8) is 0 Å². The van der Waals surface area contributed by atoms with Crippen LogP contribution in [0, 0.1) is 0 Å². The average molecular weight is 825 g/mol. The lowest BCUT2D eigenvalue weighted by molar-refractivity contribution is 1.36. The average Bonchev–Trinajstić information content (AvgIpc) is 3.44. The third kappa shape index (κ3) is 6.94. The lowest BCUT2D eigenvalue weighted by Crippen LogP contribution is -1.92. The molecule has 0 atom stereocenters. The van der Waals surface area contributed by atoms with Crippen LogP contribution in [-0.4, -0.2) is 19.9 Å². The van der Waals surface area contributed by atoms with E-state index < -0.39 is 12.1 Å². The van der Waals surface area contributed by atoms with Gasteiger partial charge in [0.1, 0.15) is 0 Å². The highest BCUT2D eigenvalue weighted by Crippen LogP contribution is 2.35. The highest BCUT2D eigenvalue weighted by molar-refractivity contribution is 6.05. The Morgan fingerprint density at radius 2 is 0.469 bits per heavy atom. The van der Waals surface area contributed by atoms with Gasteiger partial charge in [0.25, 0.3) is 0 Å². The molecule has 64 heavy (non-hydrogen) atoms. The summed E-state index contributed by atoms with van der Waals surface area (Å²) in [6, 6.07) is 51.6. The Balaban J connectivity index is 0.870. The quantitative estimate of drug-likeness (QED) is 0.150. The molecule has 0 unspecified atom stereocenters. The zero-order valence-corrected chi connectivity index (χ0v) is 34.0. The van der Waals surface area contributed by atoms with Crippen molar-refractivity contribution in [3.8, 4) is 78.4 Å². The van der Waals surface area contributed by atoms with Gasteiger partial charge in [-0.3, -0.25) is 0 Å². The van der Waals surface area contributed by atoms with E-state index in [0.29, 0.717) is 33.5 Å². The topological polar surface area (TPSA) is 51.6 Å². The summed E-state index contributed by atoms with van der Waals surface area (Å²) in [6.07, 6.45) is 0. The number of pyridine rings is 4. The lowest BCUT2D eigenvalue weighted by atomic mass is 9.98. The molecule has 12 aromatic rings. The number of hydrogen-bond donors (Lipinski definition) is 0. The summed E-state index contributed by atoms with van der Waals surface area (Å²) in [5.74, 6) is 0. The highest BCUT2D eigenvalue weighted by Gasteiger charge is 2.13. The predicted molar refractivity (Wildman–Crippen MR) is 266 cm³/mol. The standard InChI is InChI=1S/C60H38N4/c1-3-11-39(12-4-1)45-15-7-19-49(35-45)53-31-27-41-23-25-43-29-33-55(63-59(43)57(41)61-53)51-21-9-17-47(37-51)48-18-10-22-52(38-48)56-34-30-44-26-24-42-28-32-54(62-58(42)60(44)64-56)50-20-8-16-46(36-50)40-13-5-2-6-14-40/h1-38H/i1D,2D,3D,4D,5D,6D,11D,12D,13D,14D. The fraction of sp³-hybridized carbons (Fsp3) is 0. The van der Waals surface area contributed by atoms with Crippen LogP contribution in [0.2, 0.25) is 0 Å². The molecule has 4 aromatic heterocycles. The number of rotatable bonds is 7. The van der Waals surface area contributed by atoms with Crippen molar-refractivity contribution in [1.29, 1.82) is 0 Å². The summed E-state index contributed by atoms with van der Waals surface area (Å²) in [7, 11) is 0. The van der Waals surface area contributed by atoms with E-state index in [1.807, 2.05) is 109 Å². The van der Waals surface area contributed by atoms with E-state index >= 15 is 0 Å². The minimum absolute atomic E-state index is 0.137. The number of benzene rings is 8. The van der Waals surface area contributed by atoms with Gasteiger partial charge in [-0.25, -0.2) is 19.9 Å². The number of nitrogens with zero attached hydrogens (tertiary/aromatic N) is 4. The van der Waals surface area contributed by atoms with E-state index in [1.165, 1.54) is 0 Å². The SMILES string of the molecule is [2H]c1c([2H])c([2H])c(-c2cccc(-c3ccc4ccc5ccc(-c6cccc(-c7cccc(-c8ccc9ccc%10ccc(-c%11cccc(-c%12c([2H])c([2H])c([2H])c([2H])c%12[2H])c%11)nc%10c9n8)c7)c6)nc5c4n3)c2)c([2H])c1[2H]. The minimum atomic E-state index is -0.432. The largest absolute Gasteiger partial charge is 0.245 e. The molecular formula is C60H38N4. The van der Waals surface area contributed by atoms with Gasteiger partial charge in [-0.15, -0.1) is 0 Å². The van der Waals surface area contributed by atoms with Crippen molar-refractivity contribution in [2.24, 2.45) is 0 Å². The van der Waals surface area contributed by atoms with Crippen LogP contribution in [0.25, 0.3) is 122 Å². The van der Waals surface area contributed by atoms with E-state index in [0.717, 1.165) is 77.3 Å². The molecule has 0 amide bonds. The predicted octanol–water partition coefficient (Wildman–Crippen LogP) is 15.5. The molecule has 8 aromatic carbocycles. The maximum Gasteiger partial charge on any atom is 0.0972 e. The summed E-state index contributed by atoms with van der Waals surface area (Å²) < 4.78 is 83.1. The summed E-state index contributed by atoms with van der Waals surface area (Å²) in [5.41, 5.74) is 12.3. The molecule has 0 saturated heterocycles. The van der Waals surface area contributed by atoms with Crippen LogP contribution in [0.3, 0.4) is 0 Å². The summed E-state index contributed by atoms with van der Waals surface area (Å²) in [5, 5.41) is 3.66. The van der Waals surface area contributed by atoms with Crippen molar-refractivity contribution < 1.29 is 13.7 Å². The maximum atomic E-state index is 8.54. The molecule has 298 valence electrons. The van der Waals surface area contributed by atoms with E-state index in [4.69, 9.17) is 33.6 Å². The first kappa shape index (κ1) is 28.1. The Labute approximate surface area is 384 Å². The van der Waals surface area contributed by atoms with Crippen LogP contribution in [0.5, 0.6) is 0 Å². The summed E-state index contributed by atoms with van der Waals surface area (Å²) in [4.78, 5) is 20.7. The van der Waals surface area contributed by atoms with E-state index in [2.05, 4.69) is 24.3 Å². The molecule has 4 heteroatoms. The van der Waals surface area contributed by atoms with Crippen molar-refractivity contribution in [3.05, 3.63) is 230 Å². The van der Waals surface area contributed by atoms with Gasteiger partial charge in [0.15, 0.2) is 0 Å². The van der Waals surface area contributed by atoms with Crippen molar-refractivity contribution in [1.82, 2.24) is 19.9 Å². The van der Waals surface area contributed by atoms with Gasteiger partial charge < -0.3 is 0 Å². The van der Waals surface area contributed by atoms with Crippen LogP contribution in [0.15, 0.2) is 230 Å². The Morgan fingerprint density at radius 1 is 0.234 bits per heavy atom. The summed E-state index contributed by atoms with van der Waals surface area (Å²) in [6.45, 7) is 0. The fourth-order valence-electron chi connectivity index (χ4n) is 8.35. The molecule has 4 nitrogen and oxygen atoms in total. The zero-order valence-electron chi connectivity index (χ0n) is 44.0. The third-order valence-corrected chi connectivity index (χ3v) is 11.6. The number of fused-ring (bicyclic) bond motifs is 6. The Morgan fingerprint density at radius 3 is 0.750 bits per heavy atom. The second kappa shape index (κ2) is 15.7. The first-order chi connectivity index (χ1) is 35.8. The third-order valence-electron chi connectivity index (χ3n) is 11.6. The molecular weight excluding hydrogens is 777 g/mol. The summed E-state index contributed by atoms with van der Waals surface area (Å²) >= 11 is 0. The molecule has 0 aliphatic heterocycles. The monoisotopic (exact) mass is 824 g/mol. The van der Waals surface area contributed by atoms with Gasteiger partial charge in [-0.05, 0) is 81.9 Å². The first-order valence-electron chi connectivity index (χ1n) is 25.8. The molecule has 0 aliphatic carbocycles. The Hall–Kier alpha value is -8.60. The molecule has 12 rings (SSSR count). The fourth-order valence-corrected chi connectivity index (χ4v) is 8.35. The van der Waals surface area contributed by atoms with Gasteiger partial charge in [0, 0.05) is 43.8 Å². The molecule has 0 spiro atoms. The Kier molecular flexibility index (Phi) is 6.89. The van der Waals surface area contributed by atoms with Crippen LogP contribution < -0.4 is 0 Å². The minimum Gasteiger partial charge on any atom is -0.245 e. The van der Waals surface area contributed by atoms with Crippen LogP contribution in [-0.2, 0) is 0 Å². The van der Waals surface area contributed by atoms with Gasteiger partial charge in [-0.1, -0.05) is 182 Å². The van der Waals surface area contributed by atoms with Gasteiger partial charge >= 0.3 is 0 Å². The second-order valence-corrected chi connectivity index (χ2v) is 15.5. The van der Waals surface area contributed by atoms with Gasteiger partial charge in [0.05, 0.1) is 58.6 Å². The van der Waals surface area contributed by atoms with Crippen molar-refractivity contribution in [2.45, 2.75) is 0 Å². The normalized spacial score (nSPS) is 13.6. The van der Waals surface area contributed by atoms with E-state index in [-0.39, 0.29) is 59.5 Å². The Bertz CT molecular complexity index is 4020. The highest BCUT2D eigenvalue weighted by atomic mass is 14.8. The van der Waals surface area contributed by atoms with Crippen molar-refractivity contribution >= 4 is 43.6 Å². The van der Waals surface area contributed by atoms with E-state index in [1.54, 1.807) is 36.4 Å². The van der Waals surface area contributed by atoms with Crippen LogP contribution in [0.1, 0.15) is 13.7 Å². The number of aromatic nitrogens is 4. The van der Waals surface area contributed by atoms with Crippen LogP contribution in [0.4, 0.5) is 0 Å². The molecule has 4 heterocycles. The smallest absolute Gasteiger partial charge is 0.0972 e.